The highest BCUT2D eigenvalue weighted by atomic mass is 36.0. The van der Waals surface area contributed by atoms with Gasteiger partial charge in [0.2, 0.25) is 9.23 Å². The van der Waals surface area contributed by atoms with Gasteiger partial charge in [-0.3, -0.25) is 4.72 Å². The molecule has 10 heavy (non-hydrogen) atoms. The van der Waals surface area contributed by atoms with E-state index in [-0.39, 0.29) is 0 Å². The highest BCUT2D eigenvalue weighted by molar-refractivity contribution is 8.26. The van der Waals surface area contributed by atoms with E-state index < -0.39 is 20.5 Å². The fourth-order valence-corrected chi connectivity index (χ4v) is 0.568. The Labute approximate surface area is 71.8 Å². The zero-order valence-electron chi connectivity index (χ0n) is 4.45. The maximum absolute atomic E-state index is 9.96. The quantitative estimate of drug-likeness (QED) is 0.616. The van der Waals surface area contributed by atoms with Crippen LogP contribution in [0.5, 0.6) is 0 Å². The predicted octanol–water partition coefficient (Wildman–Crippen LogP) is 0.699. The molecule has 1 aliphatic heterocycles. The van der Waals surface area contributed by atoms with Crippen molar-refractivity contribution >= 4 is 41.9 Å². The Kier molecular flexibility index (Phi) is 6.10. The molecule has 1 aliphatic rings. The molecule has 0 aromatic carbocycles. The molecular formula is C2H3Cl2NO3S2. The zero-order valence-corrected chi connectivity index (χ0v) is 7.60. The van der Waals surface area contributed by atoms with Gasteiger partial charge in [0.25, 0.3) is 0 Å². The molecule has 1 unspecified atom stereocenters. The first-order chi connectivity index (χ1) is 4.63. The summed E-state index contributed by atoms with van der Waals surface area (Å²) in [5.41, 5.74) is 0. The molecule has 0 fully saturated rings. The molecule has 1 N–H and O–H groups in total. The Morgan fingerprint density at radius 1 is 1.60 bits per heavy atom. The van der Waals surface area contributed by atoms with Crippen molar-refractivity contribution in [2.45, 2.75) is 0 Å². The molecule has 0 aromatic rings. The van der Waals surface area contributed by atoms with Gasteiger partial charge in [-0.2, -0.15) is 4.21 Å². The van der Waals surface area contributed by atoms with Crippen molar-refractivity contribution in [1.82, 2.24) is 4.72 Å². The van der Waals surface area contributed by atoms with Crippen molar-refractivity contribution in [3.8, 4) is 0 Å². The van der Waals surface area contributed by atoms with E-state index >= 15 is 0 Å². The second-order valence-electron chi connectivity index (χ2n) is 0.936. The van der Waals surface area contributed by atoms with E-state index in [1.807, 2.05) is 0 Å². The van der Waals surface area contributed by atoms with Gasteiger partial charge in [-0.1, -0.05) is 0 Å². The third-order valence-electron chi connectivity index (χ3n) is 0.375. The van der Waals surface area contributed by atoms with Crippen molar-refractivity contribution in [1.29, 1.82) is 0 Å². The van der Waals surface area contributed by atoms with E-state index in [4.69, 9.17) is 4.21 Å². The van der Waals surface area contributed by atoms with Gasteiger partial charge in [-0.05, 0) is 0 Å². The minimum absolute atomic E-state index is 1.28. The molecule has 0 aliphatic carbocycles. The molecule has 0 spiro atoms. The summed E-state index contributed by atoms with van der Waals surface area (Å²) in [5, 5.41) is 0. The molecule has 0 amide bonds. The minimum Gasteiger partial charge on any atom is -0.391 e. The highest BCUT2D eigenvalue weighted by Crippen LogP contribution is 1.89. The van der Waals surface area contributed by atoms with Crippen LogP contribution in [0.25, 0.3) is 0 Å². The maximum atomic E-state index is 9.96. The lowest BCUT2D eigenvalue weighted by molar-refractivity contribution is 0.517. The lowest BCUT2D eigenvalue weighted by atomic mass is 11.0. The van der Waals surface area contributed by atoms with Gasteiger partial charge in [0.05, 0.1) is 0 Å². The van der Waals surface area contributed by atoms with Crippen molar-refractivity contribution in [2.24, 2.45) is 0 Å². The standard InChI is InChI=1S/C2H3NO2S.Cl2OS/c4-6-3-1-2-5-6;1-4(2)3/h1-3H;. The summed E-state index contributed by atoms with van der Waals surface area (Å²) in [4.78, 5) is 0. The molecule has 0 aromatic heterocycles. The van der Waals surface area contributed by atoms with Gasteiger partial charge in [-0.15, -0.1) is 0 Å². The molecular weight excluding hydrogens is 221 g/mol. The zero-order chi connectivity index (χ0) is 7.98. The fourth-order valence-electron chi connectivity index (χ4n) is 0.189. The first-order valence-electron chi connectivity index (χ1n) is 1.87. The van der Waals surface area contributed by atoms with E-state index in [1.165, 1.54) is 12.5 Å². The monoisotopic (exact) mass is 223 g/mol. The maximum Gasteiger partial charge on any atom is 0.315 e. The summed E-state index contributed by atoms with van der Waals surface area (Å²) in [6, 6.07) is 0. The van der Waals surface area contributed by atoms with Gasteiger partial charge >= 0.3 is 11.3 Å². The number of rotatable bonds is 0. The van der Waals surface area contributed by atoms with Gasteiger partial charge in [-0.25, -0.2) is 4.21 Å². The Bertz CT molecular complexity index is 158. The van der Waals surface area contributed by atoms with E-state index in [0.717, 1.165) is 0 Å². The molecule has 1 heterocycles. The Balaban J connectivity index is 0.000000180. The topological polar surface area (TPSA) is 55.4 Å². The molecule has 1 rings (SSSR count). The number of nitrogens with one attached hydrogen (secondary N) is 1. The van der Waals surface area contributed by atoms with Crippen LogP contribution < -0.4 is 4.72 Å². The van der Waals surface area contributed by atoms with E-state index in [9.17, 15) is 4.21 Å². The average molecular weight is 224 g/mol. The largest absolute Gasteiger partial charge is 0.391 e. The second-order valence-corrected chi connectivity index (χ2v) is 4.36. The smallest absolute Gasteiger partial charge is 0.315 e. The molecule has 8 heteroatoms. The number of halogens is 2. The number of hydrogen-bond donors (Lipinski definition) is 1. The van der Waals surface area contributed by atoms with Crippen molar-refractivity contribution in [3.63, 3.8) is 0 Å². The van der Waals surface area contributed by atoms with Crippen molar-refractivity contribution in [2.75, 3.05) is 0 Å². The molecule has 0 saturated heterocycles. The Morgan fingerprint density at radius 2 is 2.10 bits per heavy atom. The summed E-state index contributed by atoms with van der Waals surface area (Å²) in [6.45, 7) is 0. The summed E-state index contributed by atoms with van der Waals surface area (Å²) in [7, 11) is 7.36. The summed E-state index contributed by atoms with van der Waals surface area (Å²) < 4.78 is 25.8. The fraction of sp³-hybridized carbons (Fsp3) is 0. The first-order valence-corrected chi connectivity index (χ1v) is 5.75. The minimum atomic E-state index is -1.67. The molecule has 60 valence electrons. The highest BCUT2D eigenvalue weighted by Gasteiger charge is 1.96. The van der Waals surface area contributed by atoms with Gasteiger partial charge in [0, 0.05) is 27.6 Å². The van der Waals surface area contributed by atoms with Crippen molar-refractivity contribution in [3.05, 3.63) is 12.5 Å². The summed E-state index contributed by atoms with van der Waals surface area (Å²) in [5.74, 6) is 0. The van der Waals surface area contributed by atoms with Gasteiger partial charge < -0.3 is 4.18 Å². The molecule has 4 nitrogen and oxygen atoms in total. The van der Waals surface area contributed by atoms with E-state index in [2.05, 4.69) is 30.3 Å². The van der Waals surface area contributed by atoms with Gasteiger partial charge in [0.1, 0.15) is 6.26 Å². The van der Waals surface area contributed by atoms with Crippen LogP contribution in [-0.2, 0) is 24.7 Å². The second kappa shape index (κ2) is 5.96. The average Bonchev–Trinajstić information content (AvgIpc) is 2.15. The van der Waals surface area contributed by atoms with Crippen LogP contribution in [0.2, 0.25) is 0 Å². The number of hydrogen-bond acceptors (Lipinski definition) is 3. The predicted molar refractivity (Wildman–Crippen MR) is 41.4 cm³/mol. The van der Waals surface area contributed by atoms with Crippen LogP contribution >= 0.6 is 21.4 Å². The van der Waals surface area contributed by atoms with Crippen LogP contribution in [0.1, 0.15) is 0 Å². The first kappa shape index (κ1) is 10.2. The molecule has 0 saturated carbocycles. The molecule has 1 atom stereocenters. The van der Waals surface area contributed by atoms with Crippen LogP contribution in [0.3, 0.4) is 0 Å². The van der Waals surface area contributed by atoms with Crippen molar-refractivity contribution < 1.29 is 12.6 Å². The molecule has 0 bridgehead atoms. The Morgan fingerprint density at radius 3 is 2.20 bits per heavy atom. The van der Waals surface area contributed by atoms with E-state index in [1.54, 1.807) is 0 Å². The summed E-state index contributed by atoms with van der Waals surface area (Å²) >= 11 is -1.28. The van der Waals surface area contributed by atoms with Crippen LogP contribution in [0.15, 0.2) is 12.5 Å². The third-order valence-corrected chi connectivity index (χ3v) is 0.990. The third kappa shape index (κ3) is 8.22. The normalized spacial score (nSPS) is 20.9. The Hall–Kier alpha value is 0.220. The van der Waals surface area contributed by atoms with Crippen LogP contribution in [0.4, 0.5) is 0 Å². The molecule has 0 radical (unpaired) electrons. The van der Waals surface area contributed by atoms with Crippen LogP contribution in [-0.4, -0.2) is 8.42 Å². The van der Waals surface area contributed by atoms with E-state index in [0.29, 0.717) is 0 Å². The van der Waals surface area contributed by atoms with Crippen LogP contribution in [0, 0.1) is 0 Å². The summed E-state index contributed by atoms with van der Waals surface area (Å²) in [6.07, 6.45) is 2.83. The lowest BCUT2D eigenvalue weighted by Crippen LogP contribution is -2.01. The SMILES string of the molecule is O=S(Cl)Cl.O=S1NC=CO1. The lowest BCUT2D eigenvalue weighted by Gasteiger charge is -1.82. The van der Waals surface area contributed by atoms with Gasteiger partial charge in [0.15, 0.2) is 0 Å².